The van der Waals surface area contributed by atoms with E-state index in [-0.39, 0.29) is 5.66 Å². The number of benzene rings is 1. The molecular weight excluding hydrogens is 302 g/mol. The summed E-state index contributed by atoms with van der Waals surface area (Å²) < 4.78 is 5.90. The number of nitrogens with zero attached hydrogens (tertiary/aromatic N) is 4. The van der Waals surface area contributed by atoms with E-state index >= 15 is 0 Å². The van der Waals surface area contributed by atoms with Crippen molar-refractivity contribution in [3.8, 4) is 11.5 Å². The lowest BCUT2D eigenvalue weighted by Crippen LogP contribution is -2.62. The number of hydrazone groups is 1. The summed E-state index contributed by atoms with van der Waals surface area (Å²) in [6.07, 6.45) is 6.43. The van der Waals surface area contributed by atoms with Crippen molar-refractivity contribution in [2.45, 2.75) is 37.8 Å². The van der Waals surface area contributed by atoms with Crippen LogP contribution in [0.15, 0.2) is 39.9 Å². The predicted molar refractivity (Wildman–Crippen MR) is 90.0 cm³/mol. The minimum atomic E-state index is -0.0577. The lowest BCUT2D eigenvalue weighted by atomic mass is 9.64. The van der Waals surface area contributed by atoms with Crippen molar-refractivity contribution in [1.29, 1.82) is 0 Å². The molecule has 4 aliphatic rings. The topological polar surface area (TPSA) is 66.5 Å². The molecule has 6 nitrogen and oxygen atoms in total. The first-order chi connectivity index (χ1) is 11.8. The van der Waals surface area contributed by atoms with Gasteiger partial charge in [0.05, 0.1) is 0 Å². The molecule has 2 bridgehead atoms. The molecule has 1 aromatic carbocycles. The molecule has 124 valence electrons. The van der Waals surface area contributed by atoms with E-state index in [0.29, 0.717) is 17.7 Å². The third kappa shape index (κ3) is 1.92. The van der Waals surface area contributed by atoms with Crippen molar-refractivity contribution in [1.82, 2.24) is 20.5 Å². The van der Waals surface area contributed by atoms with Crippen LogP contribution in [-0.2, 0) is 0 Å². The van der Waals surface area contributed by atoms with Gasteiger partial charge in [0.1, 0.15) is 5.66 Å². The second kappa shape index (κ2) is 5.06. The molecule has 3 fully saturated rings. The summed E-state index contributed by atoms with van der Waals surface area (Å²) in [6.45, 7) is 0. The van der Waals surface area contributed by atoms with Crippen LogP contribution in [0.3, 0.4) is 0 Å². The summed E-state index contributed by atoms with van der Waals surface area (Å²) in [7, 11) is 2.10. The third-order valence-electron chi connectivity index (χ3n) is 6.03. The normalized spacial score (nSPS) is 31.4. The van der Waals surface area contributed by atoms with E-state index < -0.39 is 0 Å². The Hall–Kier alpha value is -2.37. The number of rotatable bonds is 2. The van der Waals surface area contributed by atoms with Crippen LogP contribution in [0, 0.1) is 11.8 Å². The van der Waals surface area contributed by atoms with Crippen LogP contribution in [0.4, 0.5) is 0 Å². The first-order valence-electron chi connectivity index (χ1n) is 8.74. The van der Waals surface area contributed by atoms with Crippen LogP contribution in [-0.4, -0.2) is 33.6 Å². The van der Waals surface area contributed by atoms with Crippen molar-refractivity contribution >= 4 is 5.84 Å². The smallest absolute Gasteiger partial charge is 0.285 e. The van der Waals surface area contributed by atoms with Crippen molar-refractivity contribution < 1.29 is 4.42 Å². The van der Waals surface area contributed by atoms with Crippen LogP contribution in [0.25, 0.3) is 11.5 Å². The van der Waals surface area contributed by atoms with Crippen molar-refractivity contribution in [3.05, 3.63) is 36.2 Å². The van der Waals surface area contributed by atoms with Gasteiger partial charge in [-0.1, -0.05) is 18.2 Å². The molecule has 2 aromatic rings. The fraction of sp³-hybridized carbons (Fsp3) is 0.500. The molecular formula is C18H21N5O. The first-order valence-corrected chi connectivity index (χ1v) is 8.74. The maximum atomic E-state index is 5.90. The van der Waals surface area contributed by atoms with Crippen LogP contribution < -0.4 is 5.43 Å². The Kier molecular flexibility index (Phi) is 2.96. The quantitative estimate of drug-likeness (QED) is 0.920. The van der Waals surface area contributed by atoms with Crippen LogP contribution in [0.2, 0.25) is 0 Å². The summed E-state index contributed by atoms with van der Waals surface area (Å²) in [5, 5.41) is 13.0. The number of hydrogen-bond acceptors (Lipinski definition) is 6. The zero-order valence-corrected chi connectivity index (χ0v) is 13.8. The molecule has 1 N–H and O–H groups in total. The summed E-state index contributed by atoms with van der Waals surface area (Å²) in [5.41, 5.74) is 4.31. The molecule has 1 spiro atoms. The summed E-state index contributed by atoms with van der Waals surface area (Å²) in [6, 6.07) is 9.84. The van der Waals surface area contributed by atoms with Gasteiger partial charge in [-0.15, -0.1) is 10.2 Å². The predicted octanol–water partition coefficient (Wildman–Crippen LogP) is 2.84. The molecule has 1 aromatic heterocycles. The van der Waals surface area contributed by atoms with Gasteiger partial charge in [0, 0.05) is 18.5 Å². The molecule has 2 heterocycles. The van der Waals surface area contributed by atoms with Crippen molar-refractivity contribution in [2.75, 3.05) is 7.05 Å². The number of fused-ring (bicyclic) bond motifs is 2. The van der Waals surface area contributed by atoms with E-state index in [1.54, 1.807) is 0 Å². The number of aromatic nitrogens is 2. The average molecular weight is 323 g/mol. The van der Waals surface area contributed by atoms with E-state index in [1.165, 1.54) is 25.7 Å². The van der Waals surface area contributed by atoms with E-state index in [4.69, 9.17) is 4.42 Å². The fourth-order valence-electron chi connectivity index (χ4n) is 4.69. The molecule has 0 unspecified atom stereocenters. The highest BCUT2D eigenvalue weighted by Crippen LogP contribution is 2.50. The highest BCUT2D eigenvalue weighted by atomic mass is 16.4. The average Bonchev–Trinajstić information content (AvgIpc) is 3.24. The van der Waals surface area contributed by atoms with E-state index in [0.717, 1.165) is 23.7 Å². The Morgan fingerprint density at radius 3 is 2.54 bits per heavy atom. The molecule has 6 rings (SSSR count). The molecule has 24 heavy (non-hydrogen) atoms. The molecule has 6 heteroatoms. The lowest BCUT2D eigenvalue weighted by Gasteiger charge is -2.52. The van der Waals surface area contributed by atoms with Gasteiger partial charge in [0.2, 0.25) is 11.7 Å². The molecule has 0 radical (unpaired) electrons. The zero-order valence-electron chi connectivity index (χ0n) is 13.8. The van der Waals surface area contributed by atoms with Gasteiger partial charge in [-0.3, -0.25) is 5.43 Å². The van der Waals surface area contributed by atoms with Gasteiger partial charge in [-0.05, 0) is 50.2 Å². The van der Waals surface area contributed by atoms with Crippen molar-refractivity contribution in [2.24, 2.45) is 16.9 Å². The Morgan fingerprint density at radius 1 is 1.08 bits per heavy atom. The first kappa shape index (κ1) is 14.0. The van der Waals surface area contributed by atoms with Crippen LogP contribution in [0.1, 0.15) is 38.0 Å². The monoisotopic (exact) mass is 323 g/mol. The van der Waals surface area contributed by atoms with E-state index in [2.05, 4.69) is 32.7 Å². The molecule has 1 atom stereocenters. The minimum absolute atomic E-state index is 0.0577. The van der Waals surface area contributed by atoms with Gasteiger partial charge in [0.15, 0.2) is 0 Å². The Balaban J connectivity index is 1.44. The van der Waals surface area contributed by atoms with Gasteiger partial charge < -0.3 is 9.32 Å². The molecule has 3 aliphatic carbocycles. The maximum absolute atomic E-state index is 5.90. The Bertz CT molecular complexity index is 778. The van der Waals surface area contributed by atoms with Gasteiger partial charge in [0.25, 0.3) is 5.89 Å². The Labute approximate surface area is 140 Å². The second-order valence-corrected chi connectivity index (χ2v) is 7.23. The van der Waals surface area contributed by atoms with Gasteiger partial charge >= 0.3 is 0 Å². The highest BCUT2D eigenvalue weighted by Gasteiger charge is 2.54. The zero-order chi connectivity index (χ0) is 16.1. The summed E-state index contributed by atoms with van der Waals surface area (Å²) in [4.78, 5) is 2.24. The van der Waals surface area contributed by atoms with E-state index in [1.807, 2.05) is 30.3 Å². The third-order valence-corrected chi connectivity index (χ3v) is 6.03. The maximum Gasteiger partial charge on any atom is 0.285 e. The SMILES string of the molecule is CN1C(c2nnc(-c3ccccc3)o2)=NN[C@]12CC1CCC2CC1. The lowest BCUT2D eigenvalue weighted by molar-refractivity contribution is -0.0200. The number of hydrogen-bond donors (Lipinski definition) is 1. The second-order valence-electron chi connectivity index (χ2n) is 7.23. The van der Waals surface area contributed by atoms with Gasteiger partial charge in [-0.25, -0.2) is 0 Å². The molecule has 1 aliphatic heterocycles. The molecule has 0 amide bonds. The van der Waals surface area contributed by atoms with Crippen molar-refractivity contribution in [3.63, 3.8) is 0 Å². The van der Waals surface area contributed by atoms with E-state index in [9.17, 15) is 0 Å². The summed E-state index contributed by atoms with van der Waals surface area (Å²) >= 11 is 0. The molecule has 0 saturated heterocycles. The van der Waals surface area contributed by atoms with Gasteiger partial charge in [-0.2, -0.15) is 5.10 Å². The number of nitrogens with one attached hydrogen (secondary N) is 1. The van der Waals surface area contributed by atoms with Crippen LogP contribution in [0.5, 0.6) is 0 Å². The Morgan fingerprint density at radius 2 is 1.83 bits per heavy atom. The standard InChI is InChI=1S/C18H21N5O/c1-23-15(17-21-20-16(24-17)13-5-3-2-4-6-13)19-22-18(23)11-12-7-9-14(18)10-8-12/h2-6,12,14,22H,7-11H2,1H3/t12?,14?,18-/m1/s1. The summed E-state index contributed by atoms with van der Waals surface area (Å²) in [5.74, 6) is 3.24. The number of amidine groups is 1. The minimum Gasteiger partial charge on any atom is -0.413 e. The molecule has 3 saturated carbocycles. The highest BCUT2D eigenvalue weighted by molar-refractivity contribution is 5.96. The largest absolute Gasteiger partial charge is 0.413 e. The van der Waals surface area contributed by atoms with Crippen LogP contribution >= 0.6 is 0 Å². The fourth-order valence-corrected chi connectivity index (χ4v) is 4.69.